The maximum absolute atomic E-state index is 10.6. The summed E-state index contributed by atoms with van der Waals surface area (Å²) in [6, 6.07) is 8.52. The van der Waals surface area contributed by atoms with E-state index in [1.807, 2.05) is 24.3 Å². The Labute approximate surface area is 115 Å². The van der Waals surface area contributed by atoms with Crippen molar-refractivity contribution in [2.45, 2.75) is 51.6 Å². The molecule has 1 saturated carbocycles. The summed E-state index contributed by atoms with van der Waals surface area (Å²) in [7, 11) is 0. The Hall–Kier alpha value is -1.35. The number of benzene rings is 1. The summed E-state index contributed by atoms with van der Waals surface area (Å²) in [4.78, 5) is 10.6. The molecule has 2 N–H and O–H groups in total. The Morgan fingerprint density at radius 3 is 2.32 bits per heavy atom. The molecule has 104 valence electrons. The number of rotatable bonds is 5. The quantitative estimate of drug-likeness (QED) is 0.856. The van der Waals surface area contributed by atoms with Crippen molar-refractivity contribution in [3.05, 3.63) is 35.4 Å². The van der Waals surface area contributed by atoms with Crippen LogP contribution < -0.4 is 5.32 Å². The van der Waals surface area contributed by atoms with Crippen LogP contribution in [0.25, 0.3) is 0 Å². The third kappa shape index (κ3) is 4.67. The summed E-state index contributed by atoms with van der Waals surface area (Å²) in [6.45, 7) is 3.21. The Kier molecular flexibility index (Phi) is 4.97. The number of carboxylic acid groups (broad SMARTS) is 1. The first kappa shape index (κ1) is 14.1. The van der Waals surface area contributed by atoms with Gasteiger partial charge in [0, 0.05) is 12.6 Å². The van der Waals surface area contributed by atoms with Gasteiger partial charge < -0.3 is 10.4 Å². The van der Waals surface area contributed by atoms with Crippen LogP contribution in [0.2, 0.25) is 0 Å². The molecular formula is C16H23NO2. The molecule has 0 unspecified atom stereocenters. The predicted octanol–water partition coefficient (Wildman–Crippen LogP) is 2.98. The lowest BCUT2D eigenvalue weighted by Gasteiger charge is -2.27. The lowest BCUT2D eigenvalue weighted by atomic mass is 9.87. The second-order valence-electron chi connectivity index (χ2n) is 5.72. The summed E-state index contributed by atoms with van der Waals surface area (Å²) in [5.41, 5.74) is 2.09. The van der Waals surface area contributed by atoms with Gasteiger partial charge in [0.15, 0.2) is 0 Å². The molecule has 19 heavy (non-hydrogen) atoms. The monoisotopic (exact) mass is 261 g/mol. The van der Waals surface area contributed by atoms with Crippen molar-refractivity contribution in [2.75, 3.05) is 0 Å². The molecule has 0 spiro atoms. The highest BCUT2D eigenvalue weighted by atomic mass is 16.4. The van der Waals surface area contributed by atoms with E-state index in [0.29, 0.717) is 6.04 Å². The van der Waals surface area contributed by atoms with Gasteiger partial charge in [0.2, 0.25) is 0 Å². The van der Waals surface area contributed by atoms with Gasteiger partial charge in [0.05, 0.1) is 6.42 Å². The van der Waals surface area contributed by atoms with Gasteiger partial charge in [0.1, 0.15) is 0 Å². The van der Waals surface area contributed by atoms with E-state index in [0.717, 1.165) is 18.0 Å². The van der Waals surface area contributed by atoms with Crippen LogP contribution in [0.3, 0.4) is 0 Å². The minimum atomic E-state index is -0.776. The lowest BCUT2D eigenvalue weighted by molar-refractivity contribution is -0.136. The van der Waals surface area contributed by atoms with Crippen molar-refractivity contribution in [1.82, 2.24) is 5.32 Å². The van der Waals surface area contributed by atoms with Gasteiger partial charge in [0.25, 0.3) is 0 Å². The van der Waals surface area contributed by atoms with Gasteiger partial charge in [-0.3, -0.25) is 4.79 Å². The molecule has 3 nitrogen and oxygen atoms in total. The van der Waals surface area contributed by atoms with Crippen molar-refractivity contribution in [2.24, 2.45) is 5.92 Å². The molecule has 0 radical (unpaired) electrons. The molecule has 0 bridgehead atoms. The molecule has 0 amide bonds. The number of aliphatic carboxylic acids is 1. The smallest absolute Gasteiger partial charge is 0.307 e. The molecule has 3 heteroatoms. The van der Waals surface area contributed by atoms with E-state index in [4.69, 9.17) is 5.11 Å². The molecule has 1 fully saturated rings. The summed E-state index contributed by atoms with van der Waals surface area (Å²) < 4.78 is 0. The minimum Gasteiger partial charge on any atom is -0.481 e. The lowest BCUT2D eigenvalue weighted by Crippen LogP contribution is -2.32. The van der Waals surface area contributed by atoms with E-state index in [9.17, 15) is 4.79 Å². The highest BCUT2D eigenvalue weighted by molar-refractivity contribution is 5.70. The third-order valence-corrected chi connectivity index (χ3v) is 3.99. The van der Waals surface area contributed by atoms with Crippen molar-refractivity contribution in [3.8, 4) is 0 Å². The maximum Gasteiger partial charge on any atom is 0.307 e. The van der Waals surface area contributed by atoms with E-state index < -0.39 is 5.97 Å². The van der Waals surface area contributed by atoms with Gasteiger partial charge >= 0.3 is 5.97 Å². The number of hydrogen-bond donors (Lipinski definition) is 2. The molecule has 0 saturated heterocycles. The first-order chi connectivity index (χ1) is 9.13. The molecule has 2 rings (SSSR count). The fourth-order valence-corrected chi connectivity index (χ4v) is 2.68. The number of carbonyl (C=O) groups is 1. The van der Waals surface area contributed by atoms with Gasteiger partial charge in [-0.05, 0) is 42.7 Å². The SMILES string of the molecule is CC1CCC(NCc2ccc(CC(=O)O)cc2)CC1. The summed E-state index contributed by atoms with van der Waals surface area (Å²) >= 11 is 0. The van der Waals surface area contributed by atoms with E-state index in [1.54, 1.807) is 0 Å². The Balaban J connectivity index is 1.78. The number of hydrogen-bond acceptors (Lipinski definition) is 2. The van der Waals surface area contributed by atoms with E-state index in [1.165, 1.54) is 31.2 Å². The normalized spacial score (nSPS) is 23.2. The minimum absolute atomic E-state index is 0.105. The average Bonchev–Trinajstić information content (AvgIpc) is 2.39. The zero-order valence-electron chi connectivity index (χ0n) is 11.6. The van der Waals surface area contributed by atoms with Crippen molar-refractivity contribution >= 4 is 5.97 Å². The zero-order chi connectivity index (χ0) is 13.7. The van der Waals surface area contributed by atoms with Gasteiger partial charge in [-0.15, -0.1) is 0 Å². The molecule has 0 aromatic heterocycles. The van der Waals surface area contributed by atoms with Crippen LogP contribution in [0.1, 0.15) is 43.7 Å². The number of nitrogens with one attached hydrogen (secondary N) is 1. The Morgan fingerprint density at radius 2 is 1.74 bits per heavy atom. The molecule has 1 aromatic rings. The molecule has 1 aliphatic rings. The summed E-state index contributed by atoms with van der Waals surface area (Å²) in [6.07, 6.45) is 5.31. The molecule has 1 aliphatic carbocycles. The van der Waals surface area contributed by atoms with Gasteiger partial charge in [-0.2, -0.15) is 0 Å². The molecule has 0 heterocycles. The second-order valence-corrected chi connectivity index (χ2v) is 5.72. The zero-order valence-corrected chi connectivity index (χ0v) is 11.6. The van der Waals surface area contributed by atoms with Crippen LogP contribution in [0, 0.1) is 5.92 Å². The fourth-order valence-electron chi connectivity index (χ4n) is 2.68. The molecular weight excluding hydrogens is 238 g/mol. The summed E-state index contributed by atoms with van der Waals surface area (Å²) in [5.74, 6) is 0.107. The van der Waals surface area contributed by atoms with Crippen LogP contribution in [0.5, 0.6) is 0 Å². The average molecular weight is 261 g/mol. The molecule has 1 aromatic carbocycles. The second kappa shape index (κ2) is 6.71. The van der Waals surface area contributed by atoms with Crippen LogP contribution in [0.15, 0.2) is 24.3 Å². The van der Waals surface area contributed by atoms with E-state index in [-0.39, 0.29) is 6.42 Å². The van der Waals surface area contributed by atoms with Crippen LogP contribution in [-0.4, -0.2) is 17.1 Å². The highest BCUT2D eigenvalue weighted by Crippen LogP contribution is 2.23. The Morgan fingerprint density at radius 1 is 1.16 bits per heavy atom. The topological polar surface area (TPSA) is 49.3 Å². The third-order valence-electron chi connectivity index (χ3n) is 3.99. The first-order valence-corrected chi connectivity index (χ1v) is 7.16. The van der Waals surface area contributed by atoms with E-state index in [2.05, 4.69) is 12.2 Å². The Bertz CT molecular complexity index is 405. The van der Waals surface area contributed by atoms with Gasteiger partial charge in [-0.1, -0.05) is 31.2 Å². The number of carboxylic acids is 1. The fraction of sp³-hybridized carbons (Fsp3) is 0.562. The largest absolute Gasteiger partial charge is 0.481 e. The molecule has 0 aliphatic heterocycles. The van der Waals surface area contributed by atoms with Crippen molar-refractivity contribution in [1.29, 1.82) is 0 Å². The highest BCUT2D eigenvalue weighted by Gasteiger charge is 2.17. The molecule has 0 atom stereocenters. The maximum atomic E-state index is 10.6. The standard InChI is InChI=1S/C16H23NO2/c1-12-2-8-15(9-3-12)17-11-14-6-4-13(5-7-14)10-16(18)19/h4-7,12,15,17H,2-3,8-11H2,1H3,(H,18,19). The van der Waals surface area contributed by atoms with E-state index >= 15 is 0 Å². The summed E-state index contributed by atoms with van der Waals surface area (Å²) in [5, 5.41) is 12.3. The predicted molar refractivity (Wildman–Crippen MR) is 76.0 cm³/mol. The van der Waals surface area contributed by atoms with Crippen molar-refractivity contribution < 1.29 is 9.90 Å². The van der Waals surface area contributed by atoms with Crippen LogP contribution >= 0.6 is 0 Å². The van der Waals surface area contributed by atoms with Crippen LogP contribution in [0.4, 0.5) is 0 Å². The first-order valence-electron chi connectivity index (χ1n) is 7.16. The van der Waals surface area contributed by atoms with Crippen molar-refractivity contribution in [3.63, 3.8) is 0 Å². The van der Waals surface area contributed by atoms with Gasteiger partial charge in [-0.25, -0.2) is 0 Å². The van der Waals surface area contributed by atoms with Crippen LogP contribution in [-0.2, 0) is 17.8 Å².